The maximum atomic E-state index is 14.0. The summed E-state index contributed by atoms with van der Waals surface area (Å²) in [6, 6.07) is 60.7. The standard InChI is InChI=1S/C62H64N8O6/c71-59-69-39-23-7-21-38-54-42-68(66-64-54)44-56-58(46-74-62(50-31-15-4-16-32-50,51-33-17-5-18-34-51)52-35-19-6-20-36-52)76-60(72)70(56)40-24-8-22-37-53-41-67(65-63-53)43-55(69)57(75-59)45-73-61(47-25-9-1-10-26-47,48-27-11-2-12-28-48)49-29-13-3-14-30-49/h1-6,9-20,25-36,41-42,55-58H,7-8,21-24,37-40,43-46H2. The summed E-state index contributed by atoms with van der Waals surface area (Å²) in [5.41, 5.74) is 5.59. The second-order valence-electron chi connectivity index (χ2n) is 20.0. The molecular formula is C62H64N8O6. The lowest BCUT2D eigenvalue weighted by molar-refractivity contribution is -0.0391. The fourth-order valence-corrected chi connectivity index (χ4v) is 11.4. The van der Waals surface area contributed by atoms with E-state index in [0.29, 0.717) is 39.0 Å². The molecule has 0 N–H and O–H groups in total. The van der Waals surface area contributed by atoms with E-state index in [4.69, 9.17) is 18.9 Å². The zero-order chi connectivity index (χ0) is 51.6. The Morgan fingerprint density at radius 3 is 1.03 bits per heavy atom. The zero-order valence-corrected chi connectivity index (χ0v) is 42.7. The zero-order valence-electron chi connectivity index (χ0n) is 42.7. The van der Waals surface area contributed by atoms with Crippen LogP contribution in [0, 0.1) is 0 Å². The highest BCUT2D eigenvalue weighted by atomic mass is 16.6. The molecule has 0 spiro atoms. The van der Waals surface area contributed by atoms with Crippen LogP contribution in [0.25, 0.3) is 0 Å². The summed E-state index contributed by atoms with van der Waals surface area (Å²) in [7, 11) is 0. The third kappa shape index (κ3) is 10.6. The van der Waals surface area contributed by atoms with Gasteiger partial charge in [0, 0.05) is 25.5 Å². The Kier molecular flexibility index (Phi) is 15.4. The molecule has 0 aliphatic carbocycles. The normalized spacial score (nSPS) is 19.9. The fourth-order valence-electron chi connectivity index (χ4n) is 11.4. The van der Waals surface area contributed by atoms with E-state index >= 15 is 0 Å². The van der Waals surface area contributed by atoms with Crippen LogP contribution in [0.2, 0.25) is 0 Å². The van der Waals surface area contributed by atoms with Crippen LogP contribution in [-0.2, 0) is 56.1 Å². The van der Waals surface area contributed by atoms with E-state index in [1.54, 1.807) is 0 Å². The number of carbonyl (C=O) groups excluding carboxylic acids is 2. The lowest BCUT2D eigenvalue weighted by Gasteiger charge is -2.37. The first-order valence-electron chi connectivity index (χ1n) is 26.8. The van der Waals surface area contributed by atoms with Crippen molar-refractivity contribution in [2.75, 3.05) is 26.3 Å². The number of aromatic nitrogens is 6. The Labute approximate surface area is 444 Å². The highest BCUT2D eigenvalue weighted by Gasteiger charge is 2.47. The van der Waals surface area contributed by atoms with Crippen molar-refractivity contribution in [1.82, 2.24) is 39.8 Å². The van der Waals surface area contributed by atoms with Gasteiger partial charge in [0.15, 0.2) is 0 Å². The molecule has 4 unspecified atom stereocenters. The summed E-state index contributed by atoms with van der Waals surface area (Å²) in [5, 5.41) is 18.4. The molecule has 0 saturated carbocycles. The minimum Gasteiger partial charge on any atom is -0.441 e. The van der Waals surface area contributed by atoms with Gasteiger partial charge in [0.25, 0.3) is 0 Å². The van der Waals surface area contributed by atoms with E-state index in [-0.39, 0.29) is 37.5 Å². The summed E-state index contributed by atoms with van der Waals surface area (Å²) in [6.45, 7) is 2.06. The van der Waals surface area contributed by atoms with Gasteiger partial charge in [-0.25, -0.2) is 9.59 Å². The number of ether oxygens (including phenoxy) is 4. The lowest BCUT2D eigenvalue weighted by Crippen LogP contribution is -2.44. The van der Waals surface area contributed by atoms with Gasteiger partial charge in [0.1, 0.15) is 23.4 Å². The Morgan fingerprint density at radius 2 is 0.724 bits per heavy atom. The summed E-state index contributed by atoms with van der Waals surface area (Å²) >= 11 is 0. The number of hydrogen-bond donors (Lipinski definition) is 0. The number of cyclic esters (lactones) is 2. The van der Waals surface area contributed by atoms with E-state index in [9.17, 15) is 9.59 Å². The highest BCUT2D eigenvalue weighted by Crippen LogP contribution is 2.43. The average molecular weight is 1020 g/mol. The maximum absolute atomic E-state index is 14.0. The largest absolute Gasteiger partial charge is 0.441 e. The molecular weight excluding hydrogens is 953 g/mol. The van der Waals surface area contributed by atoms with Crippen molar-refractivity contribution in [2.45, 2.75) is 99.9 Å². The van der Waals surface area contributed by atoms with Crippen molar-refractivity contribution in [2.24, 2.45) is 0 Å². The Morgan fingerprint density at radius 1 is 0.421 bits per heavy atom. The molecule has 8 aromatic rings. The summed E-state index contributed by atoms with van der Waals surface area (Å²) in [5.74, 6) is 0. The molecule has 14 nitrogen and oxygen atoms in total. The van der Waals surface area contributed by atoms with Crippen LogP contribution < -0.4 is 0 Å². The lowest BCUT2D eigenvalue weighted by atomic mass is 9.80. The molecule has 2 saturated heterocycles. The van der Waals surface area contributed by atoms with Crippen LogP contribution in [0.4, 0.5) is 9.59 Å². The number of hydrogen-bond acceptors (Lipinski definition) is 10. The molecule has 3 aliphatic rings. The van der Waals surface area contributed by atoms with Crippen LogP contribution in [-0.4, -0.2) is 103 Å². The molecule has 14 heteroatoms. The number of benzene rings is 6. The van der Waals surface area contributed by atoms with E-state index in [0.717, 1.165) is 83.3 Å². The SMILES string of the molecule is O=C1OC(COC(c2ccccc2)(c2ccccc2)c2ccccc2)C2Cn3cc(nn3)CCCCCN3C(=O)OC(COC(c4ccccc4)(c4ccccc4)c4ccccc4)C3Cn3cc(nn3)CCCCCN12. The molecule has 11 rings (SSSR count). The molecule has 2 amide bonds. The summed E-state index contributed by atoms with van der Waals surface area (Å²) in [6.07, 6.45) is 8.35. The van der Waals surface area contributed by atoms with Crippen LogP contribution in [0.15, 0.2) is 194 Å². The van der Waals surface area contributed by atoms with Gasteiger partial charge in [-0.2, -0.15) is 0 Å². The third-order valence-corrected chi connectivity index (χ3v) is 15.2. The van der Waals surface area contributed by atoms with E-state index in [2.05, 4.69) is 93.4 Å². The first kappa shape index (κ1) is 50.2. The van der Waals surface area contributed by atoms with Crippen molar-refractivity contribution < 1.29 is 28.5 Å². The number of carbonyl (C=O) groups is 2. The molecule has 5 heterocycles. The van der Waals surface area contributed by atoms with E-state index < -0.39 is 23.4 Å². The molecule has 4 bridgehead atoms. The first-order valence-corrected chi connectivity index (χ1v) is 26.8. The number of fused-ring (bicyclic) bond motifs is 6. The minimum absolute atomic E-state index is 0.137. The first-order chi connectivity index (χ1) is 37.5. The van der Waals surface area contributed by atoms with Crippen LogP contribution in [0.1, 0.15) is 83.3 Å². The van der Waals surface area contributed by atoms with Crippen molar-refractivity contribution in [1.29, 1.82) is 0 Å². The van der Waals surface area contributed by atoms with Crippen molar-refractivity contribution in [3.8, 4) is 0 Å². The van der Waals surface area contributed by atoms with Crippen molar-refractivity contribution in [3.63, 3.8) is 0 Å². The monoisotopic (exact) mass is 1020 g/mol. The molecule has 6 aromatic carbocycles. The molecule has 3 aliphatic heterocycles. The number of rotatable bonds is 12. The number of nitrogens with zero attached hydrogens (tertiary/aromatic N) is 8. The fraction of sp³-hybridized carbons (Fsp3) is 0.323. The number of aryl methyl sites for hydroxylation is 2. The number of amides is 2. The van der Waals surface area contributed by atoms with E-state index in [1.807, 2.05) is 141 Å². The molecule has 2 fully saturated rings. The van der Waals surface area contributed by atoms with Crippen molar-refractivity contribution >= 4 is 12.2 Å². The van der Waals surface area contributed by atoms with Gasteiger partial charge in [-0.1, -0.05) is 205 Å². The van der Waals surface area contributed by atoms with E-state index in [1.165, 1.54) is 0 Å². The second kappa shape index (κ2) is 23.3. The molecule has 4 atom stereocenters. The topological polar surface area (TPSA) is 139 Å². The van der Waals surface area contributed by atoms with Crippen molar-refractivity contribution in [3.05, 3.63) is 239 Å². The minimum atomic E-state index is -0.982. The highest BCUT2D eigenvalue weighted by molar-refractivity contribution is 5.71. The van der Waals surface area contributed by atoms with Gasteiger partial charge >= 0.3 is 12.2 Å². The van der Waals surface area contributed by atoms with Crippen LogP contribution in [0.3, 0.4) is 0 Å². The van der Waals surface area contributed by atoms with Gasteiger partial charge in [0.2, 0.25) is 0 Å². The summed E-state index contributed by atoms with van der Waals surface area (Å²) in [4.78, 5) is 31.7. The summed E-state index contributed by atoms with van der Waals surface area (Å²) < 4.78 is 30.7. The Bertz CT molecular complexity index is 2700. The predicted octanol–water partition coefficient (Wildman–Crippen LogP) is 10.4. The molecule has 0 radical (unpaired) electrons. The van der Waals surface area contributed by atoms with Gasteiger partial charge in [-0.15, -0.1) is 10.2 Å². The van der Waals surface area contributed by atoms with Gasteiger partial charge in [0.05, 0.1) is 49.8 Å². The molecule has 76 heavy (non-hydrogen) atoms. The molecule has 2 aromatic heterocycles. The second-order valence-corrected chi connectivity index (χ2v) is 20.0. The Balaban J connectivity index is 0.817. The average Bonchev–Trinajstić information content (AvgIpc) is 4.27. The van der Waals surface area contributed by atoms with Crippen LogP contribution in [0.5, 0.6) is 0 Å². The van der Waals surface area contributed by atoms with Gasteiger partial charge < -0.3 is 18.9 Å². The Hall–Kier alpha value is -7.94. The van der Waals surface area contributed by atoms with Gasteiger partial charge in [-0.05, 0) is 71.9 Å². The van der Waals surface area contributed by atoms with Gasteiger partial charge in [-0.3, -0.25) is 19.2 Å². The smallest absolute Gasteiger partial charge is 0.410 e. The molecule has 388 valence electrons. The maximum Gasteiger partial charge on any atom is 0.410 e. The third-order valence-electron chi connectivity index (χ3n) is 15.2. The van der Waals surface area contributed by atoms with Crippen LogP contribution >= 0.6 is 0 Å². The predicted molar refractivity (Wildman–Crippen MR) is 287 cm³/mol. The quantitative estimate of drug-likeness (QED) is 0.109.